The minimum Gasteiger partial charge on any atom is -0.467 e. The summed E-state index contributed by atoms with van der Waals surface area (Å²) in [5.74, 6) is 0.635. The summed E-state index contributed by atoms with van der Waals surface area (Å²) in [7, 11) is 0. The summed E-state index contributed by atoms with van der Waals surface area (Å²) in [6.07, 6.45) is 1.69. The molecule has 0 amide bonds. The van der Waals surface area contributed by atoms with Crippen molar-refractivity contribution in [2.75, 3.05) is 32.8 Å². The van der Waals surface area contributed by atoms with E-state index in [-0.39, 0.29) is 6.04 Å². The summed E-state index contributed by atoms with van der Waals surface area (Å²) < 4.78 is 10.8. The Hall–Kier alpha value is -0.880. The van der Waals surface area contributed by atoms with Gasteiger partial charge in [-0.1, -0.05) is 13.8 Å². The number of furan rings is 1. The maximum absolute atomic E-state index is 10.2. The molecule has 0 aromatic carbocycles. The Bertz CT molecular complexity index is 367. The first-order valence-electron chi connectivity index (χ1n) is 7.43. The SMILES string of the molecule is CC(C)NCCN1CCOCC1CC(O)c1ccco1. The fourth-order valence-corrected chi connectivity index (χ4v) is 2.55. The van der Waals surface area contributed by atoms with Crippen molar-refractivity contribution < 1.29 is 14.3 Å². The Morgan fingerprint density at radius 3 is 3.05 bits per heavy atom. The first-order valence-corrected chi connectivity index (χ1v) is 7.43. The highest BCUT2D eigenvalue weighted by Crippen LogP contribution is 2.22. The van der Waals surface area contributed by atoms with Crippen molar-refractivity contribution in [3.8, 4) is 0 Å². The summed E-state index contributed by atoms with van der Waals surface area (Å²) in [6, 6.07) is 4.38. The van der Waals surface area contributed by atoms with Crippen molar-refractivity contribution in [3.63, 3.8) is 0 Å². The predicted octanol–water partition coefficient (Wildman–Crippen LogP) is 1.40. The van der Waals surface area contributed by atoms with E-state index >= 15 is 0 Å². The summed E-state index contributed by atoms with van der Waals surface area (Å²) in [6.45, 7) is 8.63. The van der Waals surface area contributed by atoms with Crippen LogP contribution in [0.1, 0.15) is 32.1 Å². The number of hydrogen-bond donors (Lipinski definition) is 2. The average molecular weight is 282 g/mol. The van der Waals surface area contributed by atoms with Crippen LogP contribution in [0.15, 0.2) is 22.8 Å². The summed E-state index contributed by atoms with van der Waals surface area (Å²) in [5, 5.41) is 13.6. The predicted molar refractivity (Wildman–Crippen MR) is 77.6 cm³/mol. The van der Waals surface area contributed by atoms with Crippen molar-refractivity contribution in [1.82, 2.24) is 10.2 Å². The second-order valence-electron chi connectivity index (χ2n) is 5.64. The highest BCUT2D eigenvalue weighted by molar-refractivity contribution is 5.02. The molecule has 0 saturated carbocycles. The molecule has 1 saturated heterocycles. The molecule has 0 radical (unpaired) electrons. The van der Waals surface area contributed by atoms with E-state index in [4.69, 9.17) is 9.15 Å². The Morgan fingerprint density at radius 2 is 2.35 bits per heavy atom. The molecule has 0 bridgehead atoms. The highest BCUT2D eigenvalue weighted by Gasteiger charge is 2.26. The zero-order valence-electron chi connectivity index (χ0n) is 12.4. The molecule has 0 spiro atoms. The monoisotopic (exact) mass is 282 g/mol. The van der Waals surface area contributed by atoms with Crippen molar-refractivity contribution in [3.05, 3.63) is 24.2 Å². The van der Waals surface area contributed by atoms with E-state index in [2.05, 4.69) is 24.1 Å². The third-order valence-corrected chi connectivity index (χ3v) is 3.67. The van der Waals surface area contributed by atoms with Crippen molar-refractivity contribution in [1.29, 1.82) is 0 Å². The van der Waals surface area contributed by atoms with Crippen LogP contribution in [0.2, 0.25) is 0 Å². The fourth-order valence-electron chi connectivity index (χ4n) is 2.55. The van der Waals surface area contributed by atoms with Crippen molar-refractivity contribution in [2.45, 2.75) is 38.5 Å². The molecule has 5 heteroatoms. The molecule has 0 aliphatic carbocycles. The molecule has 20 heavy (non-hydrogen) atoms. The average Bonchev–Trinajstić information content (AvgIpc) is 2.94. The van der Waals surface area contributed by atoms with Gasteiger partial charge in [0.2, 0.25) is 0 Å². The van der Waals surface area contributed by atoms with Gasteiger partial charge in [-0.25, -0.2) is 0 Å². The third kappa shape index (κ3) is 4.59. The Labute approximate surface area is 120 Å². The quantitative estimate of drug-likeness (QED) is 0.792. The van der Waals surface area contributed by atoms with Crippen molar-refractivity contribution >= 4 is 0 Å². The second kappa shape index (κ2) is 7.78. The number of aliphatic hydroxyl groups excluding tert-OH is 1. The number of hydrogen-bond acceptors (Lipinski definition) is 5. The summed E-state index contributed by atoms with van der Waals surface area (Å²) in [5.41, 5.74) is 0. The van der Waals surface area contributed by atoms with E-state index in [0.29, 0.717) is 24.8 Å². The van der Waals surface area contributed by atoms with Gasteiger partial charge in [-0.15, -0.1) is 0 Å². The van der Waals surface area contributed by atoms with Gasteiger partial charge in [0.15, 0.2) is 0 Å². The molecule has 5 nitrogen and oxygen atoms in total. The van der Waals surface area contributed by atoms with E-state index in [1.807, 2.05) is 6.07 Å². The number of aliphatic hydroxyl groups is 1. The molecule has 2 N–H and O–H groups in total. The smallest absolute Gasteiger partial charge is 0.132 e. The Morgan fingerprint density at radius 1 is 1.50 bits per heavy atom. The number of rotatable bonds is 7. The van der Waals surface area contributed by atoms with Crippen LogP contribution in [-0.4, -0.2) is 54.9 Å². The molecule has 1 aromatic rings. The molecular formula is C15H26N2O3. The van der Waals surface area contributed by atoms with Crippen LogP contribution in [0.5, 0.6) is 0 Å². The van der Waals surface area contributed by atoms with E-state index in [1.54, 1.807) is 12.3 Å². The van der Waals surface area contributed by atoms with Crippen molar-refractivity contribution in [2.24, 2.45) is 0 Å². The lowest BCUT2D eigenvalue weighted by atomic mass is 10.1. The molecule has 114 valence electrons. The van der Waals surface area contributed by atoms with Gasteiger partial charge >= 0.3 is 0 Å². The van der Waals surface area contributed by atoms with Gasteiger partial charge in [0.25, 0.3) is 0 Å². The van der Waals surface area contributed by atoms with E-state index in [1.165, 1.54) is 0 Å². The van der Waals surface area contributed by atoms with Gasteiger partial charge in [-0.2, -0.15) is 0 Å². The zero-order chi connectivity index (χ0) is 14.4. The number of ether oxygens (including phenoxy) is 1. The van der Waals surface area contributed by atoms with E-state index in [0.717, 1.165) is 26.2 Å². The van der Waals surface area contributed by atoms with Gasteiger partial charge in [-0.3, -0.25) is 4.90 Å². The third-order valence-electron chi connectivity index (χ3n) is 3.67. The fraction of sp³-hybridized carbons (Fsp3) is 0.733. The second-order valence-corrected chi connectivity index (χ2v) is 5.64. The van der Waals surface area contributed by atoms with Gasteiger partial charge in [0.1, 0.15) is 11.9 Å². The maximum atomic E-state index is 10.2. The van der Waals surface area contributed by atoms with Crippen LogP contribution in [0.3, 0.4) is 0 Å². The van der Waals surface area contributed by atoms with Crippen LogP contribution in [-0.2, 0) is 4.74 Å². The van der Waals surface area contributed by atoms with E-state index < -0.39 is 6.10 Å². The summed E-state index contributed by atoms with van der Waals surface area (Å²) >= 11 is 0. The molecule has 2 unspecified atom stereocenters. The molecule has 2 heterocycles. The molecule has 1 fully saturated rings. The van der Waals surface area contributed by atoms with Gasteiger partial charge in [0.05, 0.1) is 19.5 Å². The lowest BCUT2D eigenvalue weighted by Crippen LogP contribution is -2.48. The van der Waals surface area contributed by atoms with Gasteiger partial charge < -0.3 is 19.6 Å². The lowest BCUT2D eigenvalue weighted by molar-refractivity contribution is -0.0279. The minimum atomic E-state index is -0.558. The topological polar surface area (TPSA) is 57.9 Å². The Kier molecular flexibility index (Phi) is 6.04. The molecule has 1 aliphatic rings. The van der Waals surface area contributed by atoms with E-state index in [9.17, 15) is 5.11 Å². The first kappa shape index (κ1) is 15.5. The number of morpholine rings is 1. The number of nitrogens with one attached hydrogen (secondary N) is 1. The highest BCUT2D eigenvalue weighted by atomic mass is 16.5. The first-order chi connectivity index (χ1) is 9.66. The number of nitrogens with zero attached hydrogens (tertiary/aromatic N) is 1. The molecule has 2 rings (SSSR count). The Balaban J connectivity index is 1.83. The normalized spacial score (nSPS) is 22.3. The lowest BCUT2D eigenvalue weighted by Gasteiger charge is -2.36. The van der Waals surface area contributed by atoms with Crippen LogP contribution >= 0.6 is 0 Å². The van der Waals surface area contributed by atoms with Gasteiger partial charge in [-0.05, 0) is 18.6 Å². The van der Waals surface area contributed by atoms with Crippen LogP contribution < -0.4 is 5.32 Å². The van der Waals surface area contributed by atoms with Crippen LogP contribution in [0.4, 0.5) is 0 Å². The summed E-state index contributed by atoms with van der Waals surface area (Å²) in [4.78, 5) is 2.39. The molecule has 1 aromatic heterocycles. The minimum absolute atomic E-state index is 0.248. The van der Waals surface area contributed by atoms with Gasteiger partial charge in [0, 0.05) is 31.7 Å². The van der Waals surface area contributed by atoms with Crippen LogP contribution in [0, 0.1) is 0 Å². The molecule has 2 atom stereocenters. The standard InChI is InChI=1S/C15H26N2O3/c1-12(2)16-5-6-17-7-9-19-11-13(17)10-14(18)15-4-3-8-20-15/h3-4,8,12-14,16,18H,5-7,9-11H2,1-2H3. The zero-order valence-corrected chi connectivity index (χ0v) is 12.4. The maximum Gasteiger partial charge on any atom is 0.132 e. The largest absolute Gasteiger partial charge is 0.467 e. The molecular weight excluding hydrogens is 256 g/mol. The van der Waals surface area contributed by atoms with Crippen LogP contribution in [0.25, 0.3) is 0 Å². The molecule has 1 aliphatic heterocycles.